The molecule has 1 atom stereocenters. The van der Waals surface area contributed by atoms with E-state index in [1.165, 1.54) is 0 Å². The normalized spacial score (nSPS) is 21.3. The minimum absolute atomic E-state index is 0.0708. The van der Waals surface area contributed by atoms with Crippen LogP contribution >= 0.6 is 11.8 Å². The van der Waals surface area contributed by atoms with Gasteiger partial charge in [0.05, 0.1) is 12.5 Å². The largest absolute Gasteiger partial charge is 0.481 e. The standard InChI is InChI=1S/C9H16N2O3S/c1-9(2,3-7(12)13)11-8(14)6-4-15-5-10-6/h6,10H,3-5H2,1-2H3,(H,11,14)(H,12,13). The quantitative estimate of drug-likeness (QED) is 0.637. The average molecular weight is 232 g/mol. The number of hydrogen-bond donors (Lipinski definition) is 3. The minimum Gasteiger partial charge on any atom is -0.481 e. The monoisotopic (exact) mass is 232 g/mol. The number of thioether (sulfide) groups is 1. The van der Waals surface area contributed by atoms with Crippen molar-refractivity contribution in [3.05, 3.63) is 0 Å². The van der Waals surface area contributed by atoms with E-state index < -0.39 is 11.5 Å². The van der Waals surface area contributed by atoms with Gasteiger partial charge < -0.3 is 10.4 Å². The van der Waals surface area contributed by atoms with Crippen LogP contribution in [0.5, 0.6) is 0 Å². The van der Waals surface area contributed by atoms with Gasteiger partial charge >= 0.3 is 5.97 Å². The first-order valence-electron chi connectivity index (χ1n) is 4.76. The molecule has 1 saturated heterocycles. The van der Waals surface area contributed by atoms with E-state index in [0.29, 0.717) is 0 Å². The first-order valence-corrected chi connectivity index (χ1v) is 5.91. The van der Waals surface area contributed by atoms with Crippen LogP contribution in [0.25, 0.3) is 0 Å². The molecule has 6 heteroatoms. The highest BCUT2D eigenvalue weighted by atomic mass is 32.2. The molecule has 3 N–H and O–H groups in total. The van der Waals surface area contributed by atoms with E-state index in [2.05, 4.69) is 10.6 Å². The zero-order valence-corrected chi connectivity index (χ0v) is 9.69. The molecule has 0 saturated carbocycles. The zero-order chi connectivity index (χ0) is 11.5. The van der Waals surface area contributed by atoms with Gasteiger partial charge in [0.1, 0.15) is 0 Å². The first-order chi connectivity index (χ1) is 6.91. The van der Waals surface area contributed by atoms with Gasteiger partial charge in [-0.3, -0.25) is 14.9 Å². The highest BCUT2D eigenvalue weighted by Crippen LogP contribution is 2.13. The molecular formula is C9H16N2O3S. The van der Waals surface area contributed by atoms with Crippen LogP contribution in [0, 0.1) is 0 Å². The van der Waals surface area contributed by atoms with Crippen LogP contribution in [-0.2, 0) is 9.59 Å². The predicted octanol–water partition coefficient (Wildman–Crippen LogP) is 0.0184. The van der Waals surface area contributed by atoms with Crippen LogP contribution in [0.2, 0.25) is 0 Å². The Morgan fingerprint density at radius 2 is 2.27 bits per heavy atom. The lowest BCUT2D eigenvalue weighted by molar-refractivity contribution is -0.138. The Balaban J connectivity index is 2.44. The van der Waals surface area contributed by atoms with Gasteiger partial charge in [0.15, 0.2) is 0 Å². The van der Waals surface area contributed by atoms with Crippen molar-refractivity contribution in [2.45, 2.75) is 31.8 Å². The third kappa shape index (κ3) is 4.09. The number of rotatable bonds is 4. The first kappa shape index (κ1) is 12.3. The van der Waals surface area contributed by atoms with E-state index in [-0.39, 0.29) is 18.4 Å². The topological polar surface area (TPSA) is 78.4 Å². The third-order valence-electron chi connectivity index (χ3n) is 2.09. The highest BCUT2D eigenvalue weighted by molar-refractivity contribution is 7.99. The minimum atomic E-state index is -0.908. The average Bonchev–Trinajstić information content (AvgIpc) is 2.50. The maximum atomic E-state index is 11.7. The fraction of sp³-hybridized carbons (Fsp3) is 0.778. The summed E-state index contributed by atoms with van der Waals surface area (Å²) in [6.45, 7) is 3.42. The predicted molar refractivity (Wildman–Crippen MR) is 58.7 cm³/mol. The summed E-state index contributed by atoms with van der Waals surface area (Å²) in [5, 5.41) is 14.4. The zero-order valence-electron chi connectivity index (χ0n) is 8.87. The summed E-state index contributed by atoms with van der Waals surface area (Å²) < 4.78 is 0. The number of carbonyl (C=O) groups excluding carboxylic acids is 1. The van der Waals surface area contributed by atoms with E-state index in [9.17, 15) is 9.59 Å². The Morgan fingerprint density at radius 1 is 1.60 bits per heavy atom. The van der Waals surface area contributed by atoms with Gasteiger partial charge in [-0.15, -0.1) is 11.8 Å². The molecule has 0 aliphatic carbocycles. The molecule has 0 aromatic carbocycles. The van der Waals surface area contributed by atoms with Crippen molar-refractivity contribution in [2.24, 2.45) is 0 Å². The maximum absolute atomic E-state index is 11.7. The van der Waals surface area contributed by atoms with Crippen molar-refractivity contribution in [1.29, 1.82) is 0 Å². The molecule has 5 nitrogen and oxygen atoms in total. The summed E-state index contributed by atoms with van der Waals surface area (Å²) in [6, 6.07) is -0.192. The molecule has 0 bridgehead atoms. The smallest absolute Gasteiger partial charge is 0.305 e. The summed E-state index contributed by atoms with van der Waals surface area (Å²) in [5.74, 6) is 0.493. The van der Waals surface area contributed by atoms with Gasteiger partial charge in [-0.25, -0.2) is 0 Å². The molecular weight excluding hydrogens is 216 g/mol. The summed E-state index contributed by atoms with van der Waals surface area (Å²) in [7, 11) is 0. The fourth-order valence-electron chi connectivity index (χ4n) is 1.41. The molecule has 1 aliphatic heterocycles. The van der Waals surface area contributed by atoms with Crippen molar-refractivity contribution >= 4 is 23.6 Å². The Bertz CT molecular complexity index is 262. The van der Waals surface area contributed by atoms with Gasteiger partial charge in [0.2, 0.25) is 5.91 Å². The van der Waals surface area contributed by atoms with E-state index >= 15 is 0 Å². The lowest BCUT2D eigenvalue weighted by atomic mass is 10.0. The molecule has 1 heterocycles. The van der Waals surface area contributed by atoms with E-state index in [1.54, 1.807) is 25.6 Å². The molecule has 1 unspecified atom stereocenters. The number of amides is 1. The van der Waals surface area contributed by atoms with Crippen molar-refractivity contribution < 1.29 is 14.7 Å². The van der Waals surface area contributed by atoms with Gasteiger partial charge in [0.25, 0.3) is 0 Å². The number of carboxylic acids is 1. The SMILES string of the molecule is CC(C)(CC(=O)O)NC(=O)C1CSCN1. The summed E-state index contributed by atoms with van der Waals surface area (Å²) >= 11 is 1.66. The lowest BCUT2D eigenvalue weighted by Crippen LogP contribution is -2.51. The van der Waals surface area contributed by atoms with E-state index in [4.69, 9.17) is 5.11 Å². The molecule has 1 aliphatic rings. The molecule has 0 aromatic rings. The van der Waals surface area contributed by atoms with Crippen molar-refractivity contribution in [3.63, 3.8) is 0 Å². The van der Waals surface area contributed by atoms with Crippen LogP contribution in [0.15, 0.2) is 0 Å². The number of nitrogens with one attached hydrogen (secondary N) is 2. The summed E-state index contributed by atoms with van der Waals surface area (Å²) in [5.41, 5.74) is -0.697. The Hall–Kier alpha value is -0.750. The maximum Gasteiger partial charge on any atom is 0.305 e. The molecule has 0 radical (unpaired) electrons. The van der Waals surface area contributed by atoms with Crippen LogP contribution in [0.3, 0.4) is 0 Å². The number of hydrogen-bond acceptors (Lipinski definition) is 4. The molecule has 0 spiro atoms. The number of carboxylic acid groups (broad SMARTS) is 1. The summed E-state index contributed by atoms with van der Waals surface area (Å²) in [6.07, 6.45) is -0.0708. The van der Waals surface area contributed by atoms with Crippen LogP contribution in [-0.4, -0.2) is 40.2 Å². The van der Waals surface area contributed by atoms with Gasteiger partial charge in [0, 0.05) is 17.2 Å². The summed E-state index contributed by atoms with van der Waals surface area (Å²) in [4.78, 5) is 22.2. The molecule has 0 aromatic heterocycles. The Labute approximate surface area is 93.0 Å². The van der Waals surface area contributed by atoms with Crippen molar-refractivity contribution in [1.82, 2.24) is 10.6 Å². The van der Waals surface area contributed by atoms with Crippen LogP contribution in [0.4, 0.5) is 0 Å². The Kier molecular flexibility index (Phi) is 3.98. The Morgan fingerprint density at radius 3 is 2.73 bits per heavy atom. The second-order valence-electron chi connectivity index (χ2n) is 4.22. The molecule has 86 valence electrons. The molecule has 15 heavy (non-hydrogen) atoms. The number of aliphatic carboxylic acids is 1. The second-order valence-corrected chi connectivity index (χ2v) is 5.25. The van der Waals surface area contributed by atoms with Crippen LogP contribution < -0.4 is 10.6 Å². The van der Waals surface area contributed by atoms with E-state index in [1.807, 2.05) is 0 Å². The van der Waals surface area contributed by atoms with Crippen molar-refractivity contribution in [3.8, 4) is 0 Å². The molecule has 1 amide bonds. The fourth-order valence-corrected chi connectivity index (χ4v) is 2.35. The lowest BCUT2D eigenvalue weighted by Gasteiger charge is -2.25. The second kappa shape index (κ2) is 4.85. The highest BCUT2D eigenvalue weighted by Gasteiger charge is 2.29. The van der Waals surface area contributed by atoms with Crippen LogP contribution in [0.1, 0.15) is 20.3 Å². The van der Waals surface area contributed by atoms with Gasteiger partial charge in [-0.1, -0.05) is 0 Å². The molecule has 1 rings (SSSR count). The van der Waals surface area contributed by atoms with Gasteiger partial charge in [-0.2, -0.15) is 0 Å². The van der Waals surface area contributed by atoms with Gasteiger partial charge in [-0.05, 0) is 13.8 Å². The molecule has 1 fully saturated rings. The number of carbonyl (C=O) groups is 2. The van der Waals surface area contributed by atoms with E-state index in [0.717, 1.165) is 11.6 Å². The van der Waals surface area contributed by atoms with Crippen molar-refractivity contribution in [2.75, 3.05) is 11.6 Å². The third-order valence-corrected chi connectivity index (χ3v) is 3.03.